The Morgan fingerprint density at radius 3 is 1.42 bits per heavy atom. The maximum atomic E-state index is 2.44. The molecule has 0 unspecified atom stereocenters. The molecule has 0 amide bonds. The fourth-order valence-electron chi connectivity index (χ4n) is 8.35. The fraction of sp³-hybridized carbons (Fsp3) is 0.0588. The highest BCUT2D eigenvalue weighted by molar-refractivity contribution is 7.27. The van der Waals surface area contributed by atoms with E-state index in [1.54, 1.807) is 0 Å². The zero-order chi connectivity index (χ0) is 35.5. The quantitative estimate of drug-likeness (QED) is 0.167. The molecule has 9 aromatic rings. The zero-order valence-corrected chi connectivity index (χ0v) is 30.6. The van der Waals surface area contributed by atoms with Gasteiger partial charge in [-0.25, -0.2) is 0 Å². The van der Waals surface area contributed by atoms with Gasteiger partial charge in [0.15, 0.2) is 0 Å². The average molecular weight is 696 g/mol. The summed E-state index contributed by atoms with van der Waals surface area (Å²) in [5, 5.41) is 2.63. The molecule has 1 heterocycles. The van der Waals surface area contributed by atoms with Gasteiger partial charge in [0.2, 0.25) is 0 Å². The van der Waals surface area contributed by atoms with Crippen LogP contribution in [0, 0.1) is 0 Å². The molecule has 0 fully saturated rings. The number of nitrogens with zero attached hydrogens (tertiary/aromatic N) is 1. The topological polar surface area (TPSA) is 3.24 Å². The summed E-state index contributed by atoms with van der Waals surface area (Å²) in [7, 11) is 0. The van der Waals surface area contributed by atoms with Crippen LogP contribution in [0.4, 0.5) is 17.1 Å². The van der Waals surface area contributed by atoms with Crippen LogP contribution in [0.25, 0.3) is 64.7 Å². The smallest absolute Gasteiger partial charge is 0.0640 e. The third-order valence-corrected chi connectivity index (χ3v) is 12.4. The Bertz CT molecular complexity index is 2760. The Balaban J connectivity index is 1.11. The van der Waals surface area contributed by atoms with E-state index in [0.717, 1.165) is 11.4 Å². The standard InChI is InChI=1S/C51H37NS/c1-51(2)45-18-10-9-16-44(45)48-46(51)33-32-43-42-17-11-19-47(49(42)53-50(43)48)52(40-28-24-38(25-29-40)35-14-7-4-8-15-35)41-30-26-39(27-31-41)37-22-20-36(21-23-37)34-12-5-3-6-13-34/h3-33H,1-2H3. The molecule has 1 nitrogen and oxygen atoms in total. The number of rotatable bonds is 6. The number of hydrogen-bond acceptors (Lipinski definition) is 2. The Labute approximate surface area is 315 Å². The first kappa shape index (κ1) is 31.5. The molecule has 1 aliphatic carbocycles. The van der Waals surface area contributed by atoms with Crippen molar-refractivity contribution in [2.45, 2.75) is 19.3 Å². The van der Waals surface area contributed by atoms with E-state index in [0.29, 0.717) is 0 Å². The van der Waals surface area contributed by atoms with Crippen LogP contribution in [0.5, 0.6) is 0 Å². The molecule has 0 saturated heterocycles. The van der Waals surface area contributed by atoms with Gasteiger partial charge in [0.1, 0.15) is 0 Å². The summed E-state index contributed by atoms with van der Waals surface area (Å²) in [6.07, 6.45) is 0. The largest absolute Gasteiger partial charge is 0.309 e. The minimum absolute atomic E-state index is 0.0325. The zero-order valence-electron chi connectivity index (χ0n) is 29.8. The second-order valence-corrected chi connectivity index (χ2v) is 15.6. The Morgan fingerprint density at radius 2 is 0.849 bits per heavy atom. The average Bonchev–Trinajstić information content (AvgIpc) is 3.72. The monoisotopic (exact) mass is 695 g/mol. The van der Waals surface area contributed by atoms with Crippen molar-refractivity contribution in [3.8, 4) is 44.5 Å². The lowest BCUT2D eigenvalue weighted by Gasteiger charge is -2.26. The maximum Gasteiger partial charge on any atom is 0.0640 e. The van der Waals surface area contributed by atoms with Crippen LogP contribution in [-0.2, 0) is 5.41 Å². The van der Waals surface area contributed by atoms with E-state index in [9.17, 15) is 0 Å². The second kappa shape index (κ2) is 12.5. The molecule has 1 aliphatic rings. The predicted molar refractivity (Wildman–Crippen MR) is 228 cm³/mol. The van der Waals surface area contributed by atoms with Crippen LogP contribution in [0.15, 0.2) is 188 Å². The Kier molecular flexibility index (Phi) is 7.42. The number of thiophene rings is 1. The minimum atomic E-state index is -0.0325. The van der Waals surface area contributed by atoms with Gasteiger partial charge in [-0.2, -0.15) is 0 Å². The van der Waals surface area contributed by atoms with Crippen molar-refractivity contribution >= 4 is 48.6 Å². The van der Waals surface area contributed by atoms with Crippen molar-refractivity contribution in [3.63, 3.8) is 0 Å². The summed E-state index contributed by atoms with van der Waals surface area (Å²) in [6, 6.07) is 68.7. The van der Waals surface area contributed by atoms with Crippen molar-refractivity contribution in [1.29, 1.82) is 0 Å². The van der Waals surface area contributed by atoms with Crippen molar-refractivity contribution < 1.29 is 0 Å². The minimum Gasteiger partial charge on any atom is -0.309 e. The van der Waals surface area contributed by atoms with E-state index in [1.165, 1.54) is 81.5 Å². The van der Waals surface area contributed by atoms with Crippen LogP contribution in [0.3, 0.4) is 0 Å². The summed E-state index contributed by atoms with van der Waals surface area (Å²) < 4.78 is 2.67. The highest BCUT2D eigenvalue weighted by Gasteiger charge is 2.37. The summed E-state index contributed by atoms with van der Waals surface area (Å²) in [5.41, 5.74) is 16.3. The van der Waals surface area contributed by atoms with Crippen molar-refractivity contribution in [1.82, 2.24) is 0 Å². The fourth-order valence-corrected chi connectivity index (χ4v) is 9.72. The lowest BCUT2D eigenvalue weighted by atomic mass is 9.82. The van der Waals surface area contributed by atoms with Crippen LogP contribution in [0.1, 0.15) is 25.0 Å². The number of hydrogen-bond donors (Lipinski definition) is 0. The first-order valence-electron chi connectivity index (χ1n) is 18.3. The molecule has 0 saturated carbocycles. The van der Waals surface area contributed by atoms with Gasteiger partial charge in [0.25, 0.3) is 0 Å². The van der Waals surface area contributed by atoms with E-state index in [4.69, 9.17) is 0 Å². The molecule has 0 N–H and O–H groups in total. The number of anilines is 3. The molecule has 2 heteroatoms. The molecule has 0 spiro atoms. The van der Waals surface area contributed by atoms with Gasteiger partial charge in [-0.3, -0.25) is 0 Å². The van der Waals surface area contributed by atoms with E-state index in [-0.39, 0.29) is 5.41 Å². The van der Waals surface area contributed by atoms with Crippen LogP contribution in [-0.4, -0.2) is 0 Å². The highest BCUT2D eigenvalue weighted by Crippen LogP contribution is 2.55. The summed E-state index contributed by atoms with van der Waals surface area (Å²) >= 11 is 1.93. The molecule has 1 aromatic heterocycles. The van der Waals surface area contributed by atoms with Gasteiger partial charge < -0.3 is 4.90 Å². The predicted octanol–water partition coefficient (Wildman–Crippen LogP) is 14.8. The van der Waals surface area contributed by atoms with Gasteiger partial charge in [0.05, 0.1) is 10.4 Å². The van der Waals surface area contributed by atoms with Gasteiger partial charge >= 0.3 is 0 Å². The third-order valence-electron chi connectivity index (χ3n) is 11.1. The van der Waals surface area contributed by atoms with E-state index >= 15 is 0 Å². The summed E-state index contributed by atoms with van der Waals surface area (Å²) in [6.45, 7) is 4.73. The first-order valence-corrected chi connectivity index (χ1v) is 19.2. The molecular weight excluding hydrogens is 659 g/mol. The molecule has 0 radical (unpaired) electrons. The summed E-state index contributed by atoms with van der Waals surface area (Å²) in [5.74, 6) is 0. The van der Waals surface area contributed by atoms with Crippen LogP contribution < -0.4 is 4.90 Å². The molecular formula is C51H37NS. The molecule has 10 rings (SSSR count). The number of fused-ring (bicyclic) bond motifs is 7. The number of benzene rings is 8. The summed E-state index contributed by atoms with van der Waals surface area (Å²) in [4.78, 5) is 2.44. The Hall–Kier alpha value is -6.22. The van der Waals surface area contributed by atoms with Gasteiger partial charge in [-0.15, -0.1) is 11.3 Å². The Morgan fingerprint density at radius 1 is 0.377 bits per heavy atom. The lowest BCUT2D eigenvalue weighted by molar-refractivity contribution is 0.661. The van der Waals surface area contributed by atoms with E-state index in [2.05, 4.69) is 207 Å². The van der Waals surface area contributed by atoms with Crippen molar-refractivity contribution in [2.75, 3.05) is 4.90 Å². The molecule has 0 bridgehead atoms. The van der Waals surface area contributed by atoms with Gasteiger partial charge in [-0.05, 0) is 80.4 Å². The van der Waals surface area contributed by atoms with Gasteiger partial charge in [-0.1, -0.05) is 172 Å². The molecule has 8 aromatic carbocycles. The maximum absolute atomic E-state index is 2.44. The van der Waals surface area contributed by atoms with Crippen molar-refractivity contribution in [2.24, 2.45) is 0 Å². The normalized spacial score (nSPS) is 12.9. The molecule has 0 aliphatic heterocycles. The van der Waals surface area contributed by atoms with Crippen LogP contribution >= 0.6 is 11.3 Å². The van der Waals surface area contributed by atoms with Crippen molar-refractivity contribution in [3.05, 3.63) is 199 Å². The van der Waals surface area contributed by atoms with Crippen LogP contribution in [0.2, 0.25) is 0 Å². The first-order chi connectivity index (χ1) is 26.0. The second-order valence-electron chi connectivity index (χ2n) is 14.5. The molecule has 252 valence electrons. The lowest BCUT2D eigenvalue weighted by Crippen LogP contribution is -2.14. The van der Waals surface area contributed by atoms with Gasteiger partial charge in [0, 0.05) is 37.8 Å². The molecule has 53 heavy (non-hydrogen) atoms. The van der Waals surface area contributed by atoms with E-state index in [1.807, 2.05) is 11.3 Å². The third kappa shape index (κ3) is 5.21. The molecule has 0 atom stereocenters. The van der Waals surface area contributed by atoms with E-state index < -0.39 is 0 Å². The SMILES string of the molecule is CC1(C)c2ccccc2-c2c1ccc1c2sc2c(N(c3ccc(-c4ccccc4)cc3)c3ccc(-c4ccc(-c5ccccc5)cc4)cc3)cccc21. The highest BCUT2D eigenvalue weighted by atomic mass is 32.1.